The van der Waals surface area contributed by atoms with Crippen LogP contribution in [0.3, 0.4) is 0 Å². The van der Waals surface area contributed by atoms with Gasteiger partial charge in [0.1, 0.15) is 0 Å². The Morgan fingerprint density at radius 3 is 3.11 bits per heavy atom. The SMILES string of the molecule is CCOC(=O)C1CCCc2c1[nH]c1c(C)cccc21. The van der Waals surface area contributed by atoms with Crippen molar-refractivity contribution in [3.05, 3.63) is 35.0 Å². The fourth-order valence-electron chi connectivity index (χ4n) is 3.11. The number of benzene rings is 1. The highest BCUT2D eigenvalue weighted by atomic mass is 16.5. The van der Waals surface area contributed by atoms with E-state index in [2.05, 4.69) is 30.1 Å². The van der Waals surface area contributed by atoms with Crippen molar-refractivity contribution in [2.75, 3.05) is 6.61 Å². The number of carbonyl (C=O) groups excluding carboxylic acids is 1. The largest absolute Gasteiger partial charge is 0.465 e. The molecule has 0 saturated carbocycles. The highest BCUT2D eigenvalue weighted by Crippen LogP contribution is 2.37. The van der Waals surface area contributed by atoms with Crippen LogP contribution in [0.5, 0.6) is 0 Å². The standard InChI is InChI=1S/C16H19NO2/c1-3-19-16(18)13-9-5-8-12-11-7-4-6-10(2)14(11)17-15(12)13/h4,6-7,13,17H,3,5,8-9H2,1-2H3. The molecule has 0 fully saturated rings. The average Bonchev–Trinajstić information content (AvgIpc) is 2.79. The lowest BCUT2D eigenvalue weighted by Crippen LogP contribution is -2.20. The molecule has 0 radical (unpaired) electrons. The van der Waals surface area contributed by atoms with Crippen molar-refractivity contribution in [2.45, 2.75) is 39.0 Å². The van der Waals surface area contributed by atoms with Crippen LogP contribution >= 0.6 is 0 Å². The smallest absolute Gasteiger partial charge is 0.314 e. The minimum atomic E-state index is -0.115. The second-order valence-electron chi connectivity index (χ2n) is 5.21. The van der Waals surface area contributed by atoms with Crippen LogP contribution in [0.25, 0.3) is 10.9 Å². The number of esters is 1. The average molecular weight is 257 g/mol. The number of fused-ring (bicyclic) bond motifs is 3. The number of hydrogen-bond donors (Lipinski definition) is 1. The fraction of sp³-hybridized carbons (Fsp3) is 0.438. The van der Waals surface area contributed by atoms with Gasteiger partial charge in [0.25, 0.3) is 0 Å². The van der Waals surface area contributed by atoms with Crippen LogP contribution in [-0.2, 0) is 16.0 Å². The van der Waals surface area contributed by atoms with Gasteiger partial charge in [0.05, 0.1) is 12.5 Å². The predicted molar refractivity (Wildman–Crippen MR) is 75.3 cm³/mol. The second-order valence-corrected chi connectivity index (χ2v) is 5.21. The third-order valence-corrected chi connectivity index (χ3v) is 4.02. The zero-order valence-corrected chi connectivity index (χ0v) is 11.5. The first-order valence-electron chi connectivity index (χ1n) is 6.99. The summed E-state index contributed by atoms with van der Waals surface area (Å²) in [5.74, 6) is -0.205. The van der Waals surface area contributed by atoms with E-state index in [1.54, 1.807) is 0 Å². The summed E-state index contributed by atoms with van der Waals surface area (Å²) < 4.78 is 5.21. The molecule has 2 aromatic rings. The van der Waals surface area contributed by atoms with Crippen LogP contribution in [-0.4, -0.2) is 17.6 Å². The molecule has 1 heterocycles. The van der Waals surface area contributed by atoms with Crippen LogP contribution in [0, 0.1) is 6.92 Å². The summed E-state index contributed by atoms with van der Waals surface area (Å²) in [6.45, 7) is 4.41. The van der Waals surface area contributed by atoms with Crippen LogP contribution in [0.1, 0.15) is 42.5 Å². The minimum Gasteiger partial charge on any atom is -0.465 e. The molecule has 0 aliphatic heterocycles. The number of rotatable bonds is 2. The lowest BCUT2D eigenvalue weighted by Gasteiger charge is -2.20. The van der Waals surface area contributed by atoms with Gasteiger partial charge in [-0.25, -0.2) is 0 Å². The molecule has 1 aromatic heterocycles. The molecular formula is C16H19NO2. The minimum absolute atomic E-state index is 0.0901. The number of carbonyl (C=O) groups is 1. The highest BCUT2D eigenvalue weighted by Gasteiger charge is 2.30. The van der Waals surface area contributed by atoms with Crippen molar-refractivity contribution >= 4 is 16.9 Å². The molecule has 0 amide bonds. The molecule has 3 heteroatoms. The molecule has 3 rings (SSSR count). The number of H-pyrrole nitrogens is 1. The van der Waals surface area contributed by atoms with Gasteiger partial charge in [-0.05, 0) is 44.2 Å². The molecule has 1 aliphatic rings. The van der Waals surface area contributed by atoms with E-state index in [1.807, 2.05) is 6.92 Å². The Morgan fingerprint density at radius 2 is 2.32 bits per heavy atom. The Hall–Kier alpha value is -1.77. The van der Waals surface area contributed by atoms with Crippen LogP contribution in [0.2, 0.25) is 0 Å². The van der Waals surface area contributed by atoms with Gasteiger partial charge in [-0.15, -0.1) is 0 Å². The first kappa shape index (κ1) is 12.3. The van der Waals surface area contributed by atoms with Gasteiger partial charge in [-0.2, -0.15) is 0 Å². The van der Waals surface area contributed by atoms with Gasteiger partial charge in [-0.3, -0.25) is 4.79 Å². The lowest BCUT2D eigenvalue weighted by atomic mass is 9.87. The number of nitrogens with one attached hydrogen (secondary N) is 1. The molecule has 1 N–H and O–H groups in total. The molecule has 3 nitrogen and oxygen atoms in total. The van der Waals surface area contributed by atoms with Crippen LogP contribution in [0.15, 0.2) is 18.2 Å². The third-order valence-electron chi connectivity index (χ3n) is 4.02. The van der Waals surface area contributed by atoms with Crippen LogP contribution in [0.4, 0.5) is 0 Å². The van der Waals surface area contributed by atoms with Crippen molar-refractivity contribution in [3.8, 4) is 0 Å². The van der Waals surface area contributed by atoms with Gasteiger partial charge >= 0.3 is 5.97 Å². The van der Waals surface area contributed by atoms with Crippen molar-refractivity contribution in [3.63, 3.8) is 0 Å². The van der Waals surface area contributed by atoms with Crippen LogP contribution < -0.4 is 0 Å². The Kier molecular flexibility index (Phi) is 3.05. The first-order valence-corrected chi connectivity index (χ1v) is 6.99. The Bertz CT molecular complexity index is 627. The zero-order valence-electron chi connectivity index (χ0n) is 11.5. The van der Waals surface area contributed by atoms with Gasteiger partial charge in [0.15, 0.2) is 0 Å². The van der Waals surface area contributed by atoms with Gasteiger partial charge in [0.2, 0.25) is 0 Å². The van der Waals surface area contributed by atoms with Crippen molar-refractivity contribution in [1.29, 1.82) is 0 Å². The Labute approximate surface area is 113 Å². The summed E-state index contributed by atoms with van der Waals surface area (Å²) in [5, 5.41) is 1.27. The highest BCUT2D eigenvalue weighted by molar-refractivity contribution is 5.90. The third kappa shape index (κ3) is 1.93. The summed E-state index contributed by atoms with van der Waals surface area (Å²) in [7, 11) is 0. The van der Waals surface area contributed by atoms with Crippen molar-refractivity contribution in [2.24, 2.45) is 0 Å². The summed E-state index contributed by atoms with van der Waals surface area (Å²) >= 11 is 0. The molecule has 1 atom stereocenters. The topological polar surface area (TPSA) is 42.1 Å². The molecule has 19 heavy (non-hydrogen) atoms. The second kappa shape index (κ2) is 4.72. The van der Waals surface area contributed by atoms with Gasteiger partial charge < -0.3 is 9.72 Å². The van der Waals surface area contributed by atoms with Gasteiger partial charge in [-0.1, -0.05) is 18.2 Å². The maximum Gasteiger partial charge on any atom is 0.314 e. The van der Waals surface area contributed by atoms with E-state index in [-0.39, 0.29) is 11.9 Å². The molecular weight excluding hydrogens is 238 g/mol. The molecule has 0 saturated heterocycles. The molecule has 0 spiro atoms. The molecule has 1 unspecified atom stereocenters. The van der Waals surface area contributed by atoms with Gasteiger partial charge in [0, 0.05) is 16.6 Å². The van der Waals surface area contributed by atoms with E-state index in [4.69, 9.17) is 4.74 Å². The molecule has 1 aliphatic carbocycles. The maximum absolute atomic E-state index is 12.1. The number of aromatic nitrogens is 1. The van der Waals surface area contributed by atoms with E-state index in [0.29, 0.717) is 6.61 Å². The number of aromatic amines is 1. The number of aryl methyl sites for hydroxylation is 2. The van der Waals surface area contributed by atoms with E-state index >= 15 is 0 Å². The van der Waals surface area contributed by atoms with E-state index in [0.717, 1.165) is 25.0 Å². The normalized spacial score (nSPS) is 18.3. The summed E-state index contributed by atoms with van der Waals surface area (Å²) in [5.41, 5.74) is 4.79. The summed E-state index contributed by atoms with van der Waals surface area (Å²) in [4.78, 5) is 15.6. The zero-order chi connectivity index (χ0) is 13.4. The monoisotopic (exact) mass is 257 g/mol. The van der Waals surface area contributed by atoms with E-state index in [1.165, 1.54) is 22.0 Å². The quantitative estimate of drug-likeness (QED) is 0.837. The lowest BCUT2D eigenvalue weighted by molar-refractivity contribution is -0.145. The summed E-state index contributed by atoms with van der Waals surface area (Å²) in [6.07, 6.45) is 2.99. The van der Waals surface area contributed by atoms with Crippen molar-refractivity contribution in [1.82, 2.24) is 4.98 Å². The molecule has 0 bridgehead atoms. The Balaban J connectivity index is 2.12. The Morgan fingerprint density at radius 1 is 1.47 bits per heavy atom. The first-order chi connectivity index (χ1) is 9.22. The number of hydrogen-bond acceptors (Lipinski definition) is 2. The maximum atomic E-state index is 12.1. The number of ether oxygens (including phenoxy) is 1. The van der Waals surface area contributed by atoms with Crippen molar-refractivity contribution < 1.29 is 9.53 Å². The predicted octanol–water partition coefficient (Wildman–Crippen LogP) is 3.46. The number of para-hydroxylation sites is 1. The van der Waals surface area contributed by atoms with E-state index < -0.39 is 0 Å². The van der Waals surface area contributed by atoms with E-state index in [9.17, 15) is 4.79 Å². The fourth-order valence-corrected chi connectivity index (χ4v) is 3.11. The molecule has 100 valence electrons. The summed E-state index contributed by atoms with van der Waals surface area (Å²) in [6, 6.07) is 6.33. The molecule has 1 aromatic carbocycles.